The van der Waals surface area contributed by atoms with Crippen molar-refractivity contribution in [3.8, 4) is 0 Å². The maximum Gasteiger partial charge on any atom is 0.106 e. The summed E-state index contributed by atoms with van der Waals surface area (Å²) in [7, 11) is 0. The lowest BCUT2D eigenvalue weighted by molar-refractivity contribution is -0.0835. The average Bonchev–Trinajstić information content (AvgIpc) is 2.95. The first-order valence-corrected chi connectivity index (χ1v) is 8.72. The Labute approximate surface area is 125 Å². The third-order valence-electron chi connectivity index (χ3n) is 5.06. The molecule has 2 aliphatic heterocycles. The summed E-state index contributed by atoms with van der Waals surface area (Å²) in [5.74, 6) is 4.88. The van der Waals surface area contributed by atoms with Gasteiger partial charge in [0.2, 0.25) is 0 Å². The summed E-state index contributed by atoms with van der Waals surface area (Å²) in [5, 5.41) is 0. The van der Waals surface area contributed by atoms with E-state index in [0.29, 0.717) is 5.92 Å². The number of aryl methyl sites for hydroxylation is 2. The number of hydrogen-bond acceptors (Lipinski definition) is 4. The lowest BCUT2D eigenvalue weighted by Gasteiger charge is -2.40. The molecule has 3 nitrogen and oxygen atoms in total. The van der Waals surface area contributed by atoms with Crippen molar-refractivity contribution in [2.24, 2.45) is 11.7 Å². The minimum absolute atomic E-state index is 0.0822. The molecule has 20 heavy (non-hydrogen) atoms. The van der Waals surface area contributed by atoms with Crippen LogP contribution in [0.4, 0.5) is 0 Å². The lowest BCUT2D eigenvalue weighted by atomic mass is 9.78. The van der Waals surface area contributed by atoms with Crippen LogP contribution in [0.15, 0.2) is 4.42 Å². The van der Waals surface area contributed by atoms with Gasteiger partial charge < -0.3 is 14.9 Å². The molecule has 0 bridgehead atoms. The van der Waals surface area contributed by atoms with E-state index in [4.69, 9.17) is 14.9 Å². The Morgan fingerprint density at radius 2 is 2.10 bits per heavy atom. The second kappa shape index (κ2) is 5.39. The van der Waals surface area contributed by atoms with E-state index in [1.165, 1.54) is 23.3 Å². The first-order chi connectivity index (χ1) is 9.52. The number of rotatable bonds is 2. The largest absolute Gasteiger partial charge is 0.466 e. The fourth-order valence-corrected chi connectivity index (χ4v) is 5.15. The fraction of sp³-hybridized carbons (Fsp3) is 0.750. The van der Waals surface area contributed by atoms with Gasteiger partial charge in [0.1, 0.15) is 11.5 Å². The van der Waals surface area contributed by atoms with Crippen LogP contribution in [0.2, 0.25) is 0 Å². The molecule has 0 saturated carbocycles. The summed E-state index contributed by atoms with van der Waals surface area (Å²) in [5.41, 5.74) is 9.18. The van der Waals surface area contributed by atoms with Crippen molar-refractivity contribution in [3.63, 3.8) is 0 Å². The second-order valence-corrected chi connectivity index (χ2v) is 7.47. The van der Waals surface area contributed by atoms with Gasteiger partial charge in [0.25, 0.3) is 0 Å². The smallest absolute Gasteiger partial charge is 0.106 e. The quantitative estimate of drug-likeness (QED) is 0.907. The van der Waals surface area contributed by atoms with E-state index >= 15 is 0 Å². The third kappa shape index (κ3) is 2.42. The fourth-order valence-electron chi connectivity index (χ4n) is 3.77. The minimum atomic E-state index is 0.0822. The Kier molecular flexibility index (Phi) is 3.91. The molecule has 3 unspecified atom stereocenters. The monoisotopic (exact) mass is 295 g/mol. The first kappa shape index (κ1) is 14.5. The zero-order valence-electron chi connectivity index (χ0n) is 12.7. The SMILES string of the molecule is Cc1oc(C)c(C(N)C2CCOC3(CCSC3)C2)c1C. The van der Waals surface area contributed by atoms with Crippen LogP contribution >= 0.6 is 11.8 Å². The molecule has 0 amide bonds. The summed E-state index contributed by atoms with van der Waals surface area (Å²) in [6.07, 6.45) is 3.35. The van der Waals surface area contributed by atoms with Gasteiger partial charge in [-0.1, -0.05) is 0 Å². The van der Waals surface area contributed by atoms with Crippen LogP contribution in [0.5, 0.6) is 0 Å². The molecule has 0 aliphatic carbocycles. The number of hydrogen-bond donors (Lipinski definition) is 1. The van der Waals surface area contributed by atoms with Gasteiger partial charge in [0.05, 0.1) is 5.60 Å². The highest BCUT2D eigenvalue weighted by atomic mass is 32.2. The maximum atomic E-state index is 6.61. The molecule has 4 heteroatoms. The van der Waals surface area contributed by atoms with Gasteiger partial charge in [-0.25, -0.2) is 0 Å². The van der Waals surface area contributed by atoms with E-state index in [0.717, 1.165) is 36.7 Å². The number of ether oxygens (including phenoxy) is 1. The molecule has 1 spiro atoms. The van der Waals surface area contributed by atoms with E-state index in [2.05, 4.69) is 6.92 Å². The molecule has 2 saturated heterocycles. The summed E-state index contributed by atoms with van der Waals surface area (Å²) < 4.78 is 11.9. The van der Waals surface area contributed by atoms with Gasteiger partial charge in [0.15, 0.2) is 0 Å². The molecule has 2 fully saturated rings. The minimum Gasteiger partial charge on any atom is -0.466 e. The van der Waals surface area contributed by atoms with Crippen molar-refractivity contribution >= 4 is 11.8 Å². The van der Waals surface area contributed by atoms with Crippen LogP contribution in [0, 0.1) is 26.7 Å². The van der Waals surface area contributed by atoms with Crippen LogP contribution in [-0.4, -0.2) is 23.7 Å². The van der Waals surface area contributed by atoms with Crippen molar-refractivity contribution < 1.29 is 9.15 Å². The normalized spacial score (nSPS) is 31.9. The topological polar surface area (TPSA) is 48.4 Å². The molecule has 3 rings (SSSR count). The maximum absolute atomic E-state index is 6.61. The molecule has 0 aromatic carbocycles. The van der Waals surface area contributed by atoms with Crippen molar-refractivity contribution in [3.05, 3.63) is 22.6 Å². The van der Waals surface area contributed by atoms with Gasteiger partial charge >= 0.3 is 0 Å². The van der Waals surface area contributed by atoms with Crippen LogP contribution in [0.1, 0.15) is 48.0 Å². The zero-order chi connectivity index (χ0) is 14.3. The summed E-state index contributed by atoms with van der Waals surface area (Å²) in [4.78, 5) is 0. The average molecular weight is 295 g/mol. The van der Waals surface area contributed by atoms with Crippen molar-refractivity contribution in [1.29, 1.82) is 0 Å². The molecule has 3 atom stereocenters. The predicted octanol–water partition coefficient (Wildman–Crippen LogP) is 3.51. The molecule has 0 radical (unpaired) electrons. The zero-order valence-corrected chi connectivity index (χ0v) is 13.5. The highest BCUT2D eigenvalue weighted by molar-refractivity contribution is 7.99. The van der Waals surface area contributed by atoms with Gasteiger partial charge in [-0.05, 0) is 57.3 Å². The van der Waals surface area contributed by atoms with E-state index in [9.17, 15) is 0 Å². The molecule has 112 valence electrons. The van der Waals surface area contributed by atoms with E-state index in [-0.39, 0.29) is 11.6 Å². The Bertz CT molecular complexity index is 491. The lowest BCUT2D eigenvalue weighted by Crippen LogP contribution is -2.42. The highest BCUT2D eigenvalue weighted by Gasteiger charge is 2.42. The van der Waals surface area contributed by atoms with Gasteiger partial charge in [-0.3, -0.25) is 0 Å². The molecule has 3 heterocycles. The molecule has 1 aromatic heterocycles. The van der Waals surface area contributed by atoms with E-state index in [1.54, 1.807) is 0 Å². The van der Waals surface area contributed by atoms with Crippen molar-refractivity contribution in [1.82, 2.24) is 0 Å². The van der Waals surface area contributed by atoms with Crippen molar-refractivity contribution in [2.75, 3.05) is 18.1 Å². The van der Waals surface area contributed by atoms with Crippen molar-refractivity contribution in [2.45, 2.75) is 51.7 Å². The Morgan fingerprint density at radius 3 is 2.70 bits per heavy atom. The number of nitrogens with two attached hydrogens (primary N) is 1. The van der Waals surface area contributed by atoms with Crippen LogP contribution < -0.4 is 5.73 Å². The van der Waals surface area contributed by atoms with Crippen LogP contribution in [0.3, 0.4) is 0 Å². The second-order valence-electron chi connectivity index (χ2n) is 6.37. The Morgan fingerprint density at radius 1 is 1.30 bits per heavy atom. The van der Waals surface area contributed by atoms with Gasteiger partial charge in [-0.2, -0.15) is 11.8 Å². The first-order valence-electron chi connectivity index (χ1n) is 7.56. The molecule has 1 aromatic rings. The predicted molar refractivity (Wildman–Crippen MR) is 83.2 cm³/mol. The summed E-state index contributed by atoms with van der Waals surface area (Å²) in [6.45, 7) is 7.04. The van der Waals surface area contributed by atoms with Crippen LogP contribution in [-0.2, 0) is 4.74 Å². The number of thioether (sulfide) groups is 1. The standard InChI is InChI=1S/C16H25NO2S/c1-10-11(2)19-12(3)14(10)15(17)13-4-6-18-16(8-13)5-7-20-9-16/h13,15H,4-9,17H2,1-3H3. The highest BCUT2D eigenvalue weighted by Crippen LogP contribution is 2.44. The summed E-state index contributed by atoms with van der Waals surface area (Å²) >= 11 is 2.02. The Hall–Kier alpha value is -0.450. The molecular formula is C16H25NO2S. The van der Waals surface area contributed by atoms with E-state index < -0.39 is 0 Å². The van der Waals surface area contributed by atoms with Crippen LogP contribution in [0.25, 0.3) is 0 Å². The third-order valence-corrected chi connectivity index (χ3v) is 6.28. The van der Waals surface area contributed by atoms with E-state index in [1.807, 2.05) is 25.6 Å². The van der Waals surface area contributed by atoms with Gasteiger partial charge in [-0.15, -0.1) is 0 Å². The molecule has 2 aliphatic rings. The summed E-state index contributed by atoms with van der Waals surface area (Å²) in [6, 6.07) is 0.0822. The molecule has 2 N–H and O–H groups in total. The Balaban J connectivity index is 1.81. The number of furan rings is 1. The van der Waals surface area contributed by atoms with Gasteiger partial charge in [0, 0.05) is 24.0 Å². The molecular weight excluding hydrogens is 270 g/mol.